The maximum Gasteiger partial charge on any atom is 2.00 e. The van der Waals surface area contributed by atoms with E-state index in [2.05, 4.69) is 21.4 Å². The van der Waals surface area contributed by atoms with Crippen LogP contribution in [-0.4, -0.2) is 16.6 Å². The van der Waals surface area contributed by atoms with E-state index in [1.54, 1.807) is 6.20 Å². The molecule has 0 bridgehead atoms. The molecule has 2 aromatic carbocycles. The minimum atomic E-state index is 0. The van der Waals surface area contributed by atoms with E-state index in [9.17, 15) is 0 Å². The first-order chi connectivity index (χ1) is 14.4. The third-order valence-electron chi connectivity index (χ3n) is 4.19. The summed E-state index contributed by atoms with van der Waals surface area (Å²) in [4.78, 5) is 11.1. The van der Waals surface area contributed by atoms with Crippen LogP contribution >= 0.6 is 0 Å². The molecular weight excluding hydrogens is 555 g/mol. The van der Waals surface area contributed by atoms with Gasteiger partial charge >= 0.3 is 21.1 Å². The SMILES string of the molecule is [Pt+2].[c-]1ccccc1Oc1cccc(N(C[N-]Cc2ccccn2)c2ccccc2)n1. The second kappa shape index (κ2) is 11.2. The molecule has 0 N–H and O–H groups in total. The summed E-state index contributed by atoms with van der Waals surface area (Å²) in [7, 11) is 0. The van der Waals surface area contributed by atoms with Crippen molar-refractivity contribution in [3.8, 4) is 11.6 Å². The van der Waals surface area contributed by atoms with Crippen molar-refractivity contribution in [1.82, 2.24) is 9.97 Å². The molecule has 0 unspecified atom stereocenters. The van der Waals surface area contributed by atoms with E-state index in [1.165, 1.54) is 0 Å². The van der Waals surface area contributed by atoms with Crippen LogP contribution in [0.3, 0.4) is 0 Å². The number of rotatable bonds is 8. The Morgan fingerprint density at radius 1 is 0.867 bits per heavy atom. The summed E-state index contributed by atoms with van der Waals surface area (Å²) in [6.07, 6.45) is 1.78. The van der Waals surface area contributed by atoms with E-state index in [1.807, 2.05) is 95.9 Å². The van der Waals surface area contributed by atoms with Crippen molar-refractivity contribution in [3.63, 3.8) is 0 Å². The van der Waals surface area contributed by atoms with Gasteiger partial charge in [-0.3, -0.25) is 4.98 Å². The molecule has 6 heteroatoms. The van der Waals surface area contributed by atoms with Gasteiger partial charge in [0.05, 0.1) is 0 Å². The maximum absolute atomic E-state index is 5.84. The molecule has 0 aliphatic carbocycles. The average molecular weight is 576 g/mol. The zero-order valence-corrected chi connectivity index (χ0v) is 18.4. The van der Waals surface area contributed by atoms with Crippen LogP contribution in [0.2, 0.25) is 0 Å². The Labute approximate surface area is 191 Å². The van der Waals surface area contributed by atoms with Gasteiger partial charge in [0.25, 0.3) is 0 Å². The van der Waals surface area contributed by atoms with Crippen LogP contribution in [0.5, 0.6) is 11.6 Å². The summed E-state index contributed by atoms with van der Waals surface area (Å²) >= 11 is 0. The quantitative estimate of drug-likeness (QED) is 0.252. The Morgan fingerprint density at radius 2 is 1.70 bits per heavy atom. The van der Waals surface area contributed by atoms with E-state index in [0.717, 1.165) is 17.2 Å². The molecule has 152 valence electrons. The summed E-state index contributed by atoms with van der Waals surface area (Å²) in [6, 6.07) is 32.1. The Balaban J connectivity index is 0.00000256. The third-order valence-corrected chi connectivity index (χ3v) is 4.19. The fraction of sp³-hybridized carbons (Fsp3) is 0.0833. The normalized spacial score (nSPS) is 10.1. The molecule has 5 nitrogen and oxygen atoms in total. The summed E-state index contributed by atoms with van der Waals surface area (Å²) < 4.78 is 5.84. The summed E-state index contributed by atoms with van der Waals surface area (Å²) in [5, 5.41) is 4.68. The molecule has 2 heterocycles. The van der Waals surface area contributed by atoms with Gasteiger partial charge in [0.1, 0.15) is 5.82 Å². The molecular formula is C24H20N4OPt. The van der Waals surface area contributed by atoms with E-state index < -0.39 is 0 Å². The molecule has 4 aromatic rings. The molecule has 0 atom stereocenters. The van der Waals surface area contributed by atoms with Crippen molar-refractivity contribution in [2.45, 2.75) is 6.54 Å². The Kier molecular flexibility index (Phi) is 8.13. The predicted octanol–water partition coefficient (Wildman–Crippen LogP) is 5.74. The van der Waals surface area contributed by atoms with E-state index in [-0.39, 0.29) is 21.1 Å². The minimum absolute atomic E-state index is 0. The molecule has 0 spiro atoms. The van der Waals surface area contributed by atoms with Gasteiger partial charge in [-0.25, -0.2) is 0 Å². The monoisotopic (exact) mass is 575 g/mol. The van der Waals surface area contributed by atoms with Crippen LogP contribution in [-0.2, 0) is 27.6 Å². The first kappa shape index (κ1) is 21.7. The van der Waals surface area contributed by atoms with Gasteiger partial charge in [-0.15, -0.1) is 18.7 Å². The third kappa shape index (κ3) is 5.99. The van der Waals surface area contributed by atoms with Crippen LogP contribution in [0.25, 0.3) is 5.32 Å². The molecule has 0 saturated carbocycles. The van der Waals surface area contributed by atoms with Gasteiger partial charge in [0.2, 0.25) is 5.88 Å². The second-order valence-electron chi connectivity index (χ2n) is 6.27. The predicted molar refractivity (Wildman–Crippen MR) is 114 cm³/mol. The molecule has 0 radical (unpaired) electrons. The zero-order valence-electron chi connectivity index (χ0n) is 16.2. The number of ether oxygens (including phenoxy) is 1. The topological polar surface area (TPSA) is 52.4 Å². The van der Waals surface area contributed by atoms with Crippen molar-refractivity contribution in [2.75, 3.05) is 11.6 Å². The smallest absolute Gasteiger partial charge is 0.640 e. The fourth-order valence-electron chi connectivity index (χ4n) is 2.81. The number of aromatic nitrogens is 2. The van der Waals surface area contributed by atoms with Crippen LogP contribution in [0, 0.1) is 6.07 Å². The maximum atomic E-state index is 5.84. The van der Waals surface area contributed by atoms with Crippen LogP contribution in [0.1, 0.15) is 5.69 Å². The van der Waals surface area contributed by atoms with Crippen molar-refractivity contribution >= 4 is 11.5 Å². The fourth-order valence-corrected chi connectivity index (χ4v) is 2.81. The van der Waals surface area contributed by atoms with Crippen molar-refractivity contribution < 1.29 is 25.8 Å². The van der Waals surface area contributed by atoms with Crippen LogP contribution < -0.4 is 9.64 Å². The molecule has 0 aliphatic heterocycles. The van der Waals surface area contributed by atoms with Gasteiger partial charge in [-0.1, -0.05) is 37.0 Å². The summed E-state index contributed by atoms with van der Waals surface area (Å²) in [6.45, 7) is 0.994. The van der Waals surface area contributed by atoms with E-state index in [4.69, 9.17) is 4.74 Å². The number of anilines is 2. The van der Waals surface area contributed by atoms with Gasteiger partial charge in [0.15, 0.2) is 0 Å². The van der Waals surface area contributed by atoms with E-state index in [0.29, 0.717) is 24.8 Å². The number of hydrogen-bond acceptors (Lipinski definition) is 4. The van der Waals surface area contributed by atoms with Gasteiger partial charge in [-0.2, -0.15) is 23.2 Å². The molecule has 2 aromatic heterocycles. The van der Waals surface area contributed by atoms with E-state index >= 15 is 0 Å². The Morgan fingerprint density at radius 3 is 2.47 bits per heavy atom. The largest absolute Gasteiger partial charge is 2.00 e. The van der Waals surface area contributed by atoms with Gasteiger partial charge in [0, 0.05) is 29.4 Å². The number of para-hydroxylation sites is 2. The standard InChI is InChI=1S/C24H20N4O.Pt/c1-3-11-21(12-4-1)28(19-25-18-20-10-7-8-17-26-20)23-15-9-16-24(27-23)29-22-13-5-2-6-14-22;/h1-13,15-17H,18-19H2;/q-2;+2. The van der Waals surface area contributed by atoms with Crippen LogP contribution in [0.4, 0.5) is 11.5 Å². The molecule has 0 aliphatic rings. The first-order valence-electron chi connectivity index (χ1n) is 9.36. The number of benzene rings is 2. The van der Waals surface area contributed by atoms with Gasteiger partial charge < -0.3 is 15.0 Å². The Hall–Kier alpha value is -3.01. The van der Waals surface area contributed by atoms with Crippen molar-refractivity contribution in [1.29, 1.82) is 0 Å². The molecule has 0 saturated heterocycles. The number of hydrogen-bond donors (Lipinski definition) is 0. The number of nitrogens with zero attached hydrogens (tertiary/aromatic N) is 4. The molecule has 4 rings (SSSR count). The zero-order chi connectivity index (χ0) is 19.7. The molecule has 30 heavy (non-hydrogen) atoms. The second-order valence-corrected chi connectivity index (χ2v) is 6.27. The average Bonchev–Trinajstić information content (AvgIpc) is 2.79. The van der Waals surface area contributed by atoms with Crippen LogP contribution in [0.15, 0.2) is 97.2 Å². The summed E-state index contributed by atoms with van der Waals surface area (Å²) in [5.74, 6) is 1.90. The summed E-state index contributed by atoms with van der Waals surface area (Å²) in [5.41, 5.74) is 1.94. The molecule has 0 fully saturated rings. The van der Waals surface area contributed by atoms with Crippen molar-refractivity contribution in [2.24, 2.45) is 0 Å². The van der Waals surface area contributed by atoms with Crippen molar-refractivity contribution in [3.05, 3.63) is 114 Å². The molecule has 0 amide bonds. The van der Waals surface area contributed by atoms with Gasteiger partial charge in [-0.05, 0) is 30.3 Å². The number of pyridine rings is 2. The minimum Gasteiger partial charge on any atom is -0.640 e. The Bertz CT molecular complexity index is 1020. The first-order valence-corrected chi connectivity index (χ1v) is 9.36.